The molecule has 0 bridgehead atoms. The Labute approximate surface area is 249 Å². The Morgan fingerprint density at radius 2 is 1.98 bits per heavy atom. The molecule has 0 aliphatic heterocycles. The Morgan fingerprint density at radius 3 is 2.71 bits per heavy atom. The van der Waals surface area contributed by atoms with E-state index in [4.69, 9.17) is 19.2 Å². The maximum atomic E-state index is 12.2. The second kappa shape index (κ2) is 14.3. The van der Waals surface area contributed by atoms with Gasteiger partial charge in [-0.2, -0.15) is 4.99 Å². The Morgan fingerprint density at radius 1 is 1.17 bits per heavy atom. The number of ether oxygens (including phenoxy) is 3. The van der Waals surface area contributed by atoms with Crippen molar-refractivity contribution in [3.8, 4) is 0 Å². The smallest absolute Gasteiger partial charge is 0.357 e. The van der Waals surface area contributed by atoms with E-state index in [2.05, 4.69) is 51.5 Å². The molecular weight excluding hydrogens is 577 g/mol. The Balaban J connectivity index is 1.64. The summed E-state index contributed by atoms with van der Waals surface area (Å²) in [6.07, 6.45) is 0.747. The lowest BCUT2D eigenvalue weighted by molar-refractivity contribution is 0.0520. The lowest BCUT2D eigenvalue weighted by atomic mass is 10.3. The highest BCUT2D eigenvalue weighted by Gasteiger charge is 2.20. The van der Waals surface area contributed by atoms with Crippen molar-refractivity contribution in [1.82, 2.24) is 19.7 Å². The fourth-order valence-electron chi connectivity index (χ4n) is 3.92. The van der Waals surface area contributed by atoms with Crippen LogP contribution >= 0.6 is 22.7 Å². The summed E-state index contributed by atoms with van der Waals surface area (Å²) in [6, 6.07) is 11.3. The SMILES string of the molecule is CCOC(=O)c1csc(N(CCCOC)c2cc(C)c(/N=c3\sc4ccccc4n3COCC[Si](C)(C)C)nn2)n1. The number of hydrogen-bond acceptors (Lipinski definition) is 11. The Bertz CT molecular complexity index is 1530. The largest absolute Gasteiger partial charge is 0.461 e. The van der Waals surface area contributed by atoms with E-state index in [0.29, 0.717) is 43.3 Å². The van der Waals surface area contributed by atoms with Crippen LogP contribution in [0.4, 0.5) is 16.8 Å². The first-order valence-electron chi connectivity index (χ1n) is 13.6. The monoisotopic (exact) mass is 614 g/mol. The van der Waals surface area contributed by atoms with Crippen molar-refractivity contribution < 1.29 is 19.0 Å². The highest BCUT2D eigenvalue weighted by atomic mass is 32.1. The molecule has 0 fully saturated rings. The van der Waals surface area contributed by atoms with Gasteiger partial charge in [-0.1, -0.05) is 43.1 Å². The molecule has 220 valence electrons. The van der Waals surface area contributed by atoms with E-state index in [1.54, 1.807) is 30.8 Å². The van der Waals surface area contributed by atoms with Crippen LogP contribution in [0.1, 0.15) is 29.4 Å². The van der Waals surface area contributed by atoms with Gasteiger partial charge >= 0.3 is 5.97 Å². The van der Waals surface area contributed by atoms with E-state index in [-0.39, 0.29) is 5.69 Å². The number of methoxy groups -OCH3 is 1. The maximum absolute atomic E-state index is 12.2. The molecule has 4 rings (SSSR count). The molecule has 0 saturated heterocycles. The first kappa shape index (κ1) is 31.0. The van der Waals surface area contributed by atoms with E-state index in [0.717, 1.165) is 39.7 Å². The first-order chi connectivity index (χ1) is 19.7. The van der Waals surface area contributed by atoms with Crippen molar-refractivity contribution in [3.05, 3.63) is 51.8 Å². The zero-order chi connectivity index (χ0) is 29.4. The number of nitrogens with zero attached hydrogens (tertiary/aromatic N) is 6. The zero-order valence-corrected chi connectivity index (χ0v) is 27.2. The maximum Gasteiger partial charge on any atom is 0.357 e. The van der Waals surface area contributed by atoms with E-state index in [1.165, 1.54) is 11.3 Å². The van der Waals surface area contributed by atoms with Gasteiger partial charge in [0.2, 0.25) is 0 Å². The summed E-state index contributed by atoms with van der Waals surface area (Å²) in [5.74, 6) is 0.727. The van der Waals surface area contributed by atoms with Gasteiger partial charge in [-0.3, -0.25) is 4.57 Å². The van der Waals surface area contributed by atoms with Crippen molar-refractivity contribution >= 4 is 63.7 Å². The molecule has 0 spiro atoms. The molecule has 0 amide bonds. The minimum absolute atomic E-state index is 0.279. The van der Waals surface area contributed by atoms with Gasteiger partial charge in [-0.15, -0.1) is 21.5 Å². The normalized spacial score (nSPS) is 12.3. The zero-order valence-electron chi connectivity index (χ0n) is 24.5. The molecule has 0 N–H and O–H groups in total. The van der Waals surface area contributed by atoms with E-state index in [1.807, 2.05) is 30.0 Å². The van der Waals surface area contributed by atoms with Crippen molar-refractivity contribution in [2.75, 3.05) is 38.4 Å². The molecule has 0 saturated carbocycles. The van der Waals surface area contributed by atoms with Crippen LogP contribution in [-0.4, -0.2) is 67.3 Å². The van der Waals surface area contributed by atoms with Gasteiger partial charge in [-0.25, -0.2) is 9.78 Å². The number of benzene rings is 1. The van der Waals surface area contributed by atoms with Crippen LogP contribution in [0, 0.1) is 6.92 Å². The number of aryl methyl sites for hydroxylation is 1. The molecule has 41 heavy (non-hydrogen) atoms. The molecule has 0 unspecified atom stereocenters. The lowest BCUT2D eigenvalue weighted by Gasteiger charge is -2.20. The summed E-state index contributed by atoms with van der Waals surface area (Å²) in [4.78, 5) is 24.4. The number of aromatic nitrogens is 4. The van der Waals surface area contributed by atoms with Crippen molar-refractivity contribution in [1.29, 1.82) is 0 Å². The van der Waals surface area contributed by atoms with Gasteiger partial charge in [0.25, 0.3) is 0 Å². The summed E-state index contributed by atoms with van der Waals surface area (Å²) in [5, 5.41) is 11.4. The van der Waals surface area contributed by atoms with Gasteiger partial charge in [-0.05, 0) is 50.1 Å². The molecule has 0 aliphatic carbocycles. The van der Waals surface area contributed by atoms with Crippen LogP contribution in [0.25, 0.3) is 10.2 Å². The molecule has 10 nitrogen and oxygen atoms in total. The molecule has 1 aromatic carbocycles. The van der Waals surface area contributed by atoms with Gasteiger partial charge in [0.05, 0.1) is 16.8 Å². The number of rotatable bonds is 14. The molecule has 3 heterocycles. The third-order valence-corrected chi connectivity index (χ3v) is 9.79. The predicted octanol–water partition coefficient (Wildman–Crippen LogP) is 6.15. The number of carbonyl (C=O) groups is 1. The molecule has 3 aromatic heterocycles. The fourth-order valence-corrected chi connectivity index (χ4v) is 6.53. The molecule has 0 atom stereocenters. The second-order valence-electron chi connectivity index (χ2n) is 10.7. The molecular formula is C28H38N6O4S2Si. The van der Waals surface area contributed by atoms with Crippen LogP contribution in [-0.2, 0) is 20.9 Å². The number of para-hydroxylation sites is 1. The van der Waals surface area contributed by atoms with Gasteiger partial charge < -0.3 is 19.1 Å². The Hall–Kier alpha value is -2.97. The summed E-state index contributed by atoms with van der Waals surface area (Å²) >= 11 is 2.96. The number of anilines is 2. The predicted molar refractivity (Wildman–Crippen MR) is 167 cm³/mol. The molecule has 0 aliphatic rings. The van der Waals surface area contributed by atoms with Crippen LogP contribution < -0.4 is 9.70 Å². The third kappa shape index (κ3) is 8.29. The van der Waals surface area contributed by atoms with Crippen molar-refractivity contribution in [3.63, 3.8) is 0 Å². The lowest BCUT2D eigenvalue weighted by Crippen LogP contribution is -2.23. The molecule has 4 aromatic rings. The average molecular weight is 615 g/mol. The first-order valence-corrected chi connectivity index (χ1v) is 19.0. The van der Waals surface area contributed by atoms with Crippen LogP contribution in [0.3, 0.4) is 0 Å². The number of carbonyl (C=O) groups excluding carboxylic acids is 1. The van der Waals surface area contributed by atoms with Gasteiger partial charge in [0.1, 0.15) is 6.73 Å². The van der Waals surface area contributed by atoms with Crippen LogP contribution in [0.5, 0.6) is 0 Å². The standard InChI is InChI=1S/C28H38N6O4S2Si/c1-7-38-26(35)21-18-39-27(29-21)33(13-10-14-36-3)24-17-20(2)25(32-31-24)30-28-34(19-37-15-16-41(4,5)6)22-11-8-9-12-23(22)40-28/h8-9,11-12,17-18H,7,10,13-16,19H2,1-6H3/b30-28-. The topological polar surface area (TPSA) is 104 Å². The third-order valence-electron chi connectivity index (χ3n) is 6.17. The summed E-state index contributed by atoms with van der Waals surface area (Å²) in [5.41, 5.74) is 2.23. The molecule has 13 heteroatoms. The highest BCUT2D eigenvalue weighted by molar-refractivity contribution is 7.16. The minimum atomic E-state index is -1.18. The summed E-state index contributed by atoms with van der Waals surface area (Å²) < 4.78 is 19.7. The van der Waals surface area contributed by atoms with Crippen molar-refractivity contribution in [2.24, 2.45) is 4.99 Å². The quantitative estimate of drug-likeness (QED) is 0.0946. The fraction of sp³-hybridized carbons (Fsp3) is 0.464. The van der Waals surface area contributed by atoms with E-state index >= 15 is 0 Å². The minimum Gasteiger partial charge on any atom is -0.461 e. The summed E-state index contributed by atoms with van der Waals surface area (Å²) in [6.45, 7) is 13.4. The Kier molecular flexibility index (Phi) is 10.8. The van der Waals surface area contributed by atoms with E-state index in [9.17, 15) is 4.79 Å². The highest BCUT2D eigenvalue weighted by Crippen LogP contribution is 2.30. The van der Waals surface area contributed by atoms with Gasteiger partial charge in [0.15, 0.2) is 27.3 Å². The second-order valence-corrected chi connectivity index (χ2v) is 18.2. The van der Waals surface area contributed by atoms with E-state index < -0.39 is 14.0 Å². The average Bonchev–Trinajstić information content (AvgIpc) is 3.55. The number of fused-ring (bicyclic) bond motifs is 1. The van der Waals surface area contributed by atoms with Crippen LogP contribution in [0.15, 0.2) is 40.7 Å². The van der Waals surface area contributed by atoms with Gasteiger partial charge in [0, 0.05) is 40.3 Å². The number of esters is 1. The summed E-state index contributed by atoms with van der Waals surface area (Å²) in [7, 11) is 0.487. The molecule has 0 radical (unpaired) electrons. The van der Waals surface area contributed by atoms with Crippen LogP contribution in [0.2, 0.25) is 25.7 Å². The van der Waals surface area contributed by atoms with Crippen molar-refractivity contribution in [2.45, 2.75) is 52.7 Å². The number of thiazole rings is 2. The number of hydrogen-bond donors (Lipinski definition) is 0.